The molecule has 3 heterocycles. The number of carbonyl (C=O) groups excluding carboxylic acids is 1. The molecule has 30 heavy (non-hydrogen) atoms. The van der Waals surface area contributed by atoms with Crippen molar-refractivity contribution in [1.29, 1.82) is 0 Å². The Labute approximate surface area is 169 Å². The first kappa shape index (κ1) is 18.7. The summed E-state index contributed by atoms with van der Waals surface area (Å²) in [4.78, 5) is 18.6. The molecule has 1 aromatic carbocycles. The van der Waals surface area contributed by atoms with Gasteiger partial charge in [-0.25, -0.2) is 9.31 Å². The fourth-order valence-electron chi connectivity index (χ4n) is 4.47. The van der Waals surface area contributed by atoms with Gasteiger partial charge in [0.1, 0.15) is 5.52 Å². The van der Waals surface area contributed by atoms with Crippen LogP contribution >= 0.6 is 0 Å². The fourth-order valence-corrected chi connectivity index (χ4v) is 4.47. The van der Waals surface area contributed by atoms with Crippen molar-refractivity contribution < 1.29 is 18.0 Å². The Hall–Kier alpha value is -3.30. The molecule has 2 amide bonds. The molecule has 1 spiro atoms. The van der Waals surface area contributed by atoms with E-state index in [2.05, 4.69) is 25.6 Å². The number of nitrogens with one attached hydrogen (secondary N) is 2. The molecule has 0 radical (unpaired) electrons. The molecule has 0 atom stereocenters. The van der Waals surface area contributed by atoms with Gasteiger partial charge in [0.05, 0.1) is 23.6 Å². The molecular weight excluding hydrogens is 397 g/mol. The minimum atomic E-state index is -4.44. The van der Waals surface area contributed by atoms with Gasteiger partial charge in [-0.2, -0.15) is 18.3 Å². The number of fused-ring (bicyclic) bond motifs is 1. The molecule has 1 saturated carbocycles. The van der Waals surface area contributed by atoms with Crippen molar-refractivity contribution in [3.05, 3.63) is 54.6 Å². The summed E-state index contributed by atoms with van der Waals surface area (Å²) in [7, 11) is 0. The number of nitrogens with zero attached hydrogens (tertiary/aromatic N) is 4. The first-order chi connectivity index (χ1) is 14.3. The highest BCUT2D eigenvalue weighted by Crippen LogP contribution is 2.50. The summed E-state index contributed by atoms with van der Waals surface area (Å²) >= 11 is 0. The number of anilines is 2. The second kappa shape index (κ2) is 6.61. The highest BCUT2D eigenvalue weighted by atomic mass is 19.4. The van der Waals surface area contributed by atoms with Crippen LogP contribution in [-0.2, 0) is 6.18 Å². The Morgan fingerprint density at radius 2 is 2.00 bits per heavy atom. The number of alkyl halides is 3. The summed E-state index contributed by atoms with van der Waals surface area (Å²) in [6.45, 7) is 1.77. The van der Waals surface area contributed by atoms with E-state index in [4.69, 9.17) is 0 Å². The Morgan fingerprint density at radius 1 is 1.20 bits per heavy atom. The molecule has 2 aromatic heterocycles. The Morgan fingerprint density at radius 3 is 2.77 bits per heavy atom. The molecule has 0 bridgehead atoms. The third kappa shape index (κ3) is 3.31. The molecule has 2 aliphatic rings. The highest BCUT2D eigenvalue weighted by Gasteiger charge is 2.53. The number of rotatable bonds is 3. The summed E-state index contributed by atoms with van der Waals surface area (Å²) < 4.78 is 40.2. The van der Waals surface area contributed by atoms with Crippen LogP contribution in [0.1, 0.15) is 18.4 Å². The van der Waals surface area contributed by atoms with Crippen molar-refractivity contribution in [2.75, 3.05) is 23.3 Å². The van der Waals surface area contributed by atoms with Crippen LogP contribution in [0.4, 0.5) is 29.3 Å². The number of aromatic nitrogens is 3. The van der Waals surface area contributed by atoms with Crippen LogP contribution in [0.2, 0.25) is 0 Å². The molecule has 156 valence electrons. The number of urea groups is 1. The molecule has 1 aliphatic carbocycles. The standard InChI is InChI=1S/C20H19F3N6O/c21-20(22,23)13-2-1-3-14(6-13)26-18(30)27-15-7-19(8-15)11-28(12-19)16-10-25-29-5-4-24-9-17(16)29/h1-6,9-10,15H,7-8,11-12H2,(H2,26,27,30). The minimum absolute atomic E-state index is 0.0171. The van der Waals surface area contributed by atoms with Crippen molar-refractivity contribution in [2.45, 2.75) is 25.1 Å². The number of hydrogen-bond donors (Lipinski definition) is 2. The van der Waals surface area contributed by atoms with E-state index in [1.54, 1.807) is 23.1 Å². The van der Waals surface area contributed by atoms with Gasteiger partial charge in [-0.15, -0.1) is 0 Å². The monoisotopic (exact) mass is 416 g/mol. The zero-order valence-electron chi connectivity index (χ0n) is 15.9. The van der Waals surface area contributed by atoms with Gasteiger partial charge in [-0.1, -0.05) is 6.07 Å². The average Bonchev–Trinajstić information content (AvgIpc) is 3.06. The molecule has 3 aromatic rings. The van der Waals surface area contributed by atoms with Crippen LogP contribution in [0.15, 0.2) is 49.1 Å². The van der Waals surface area contributed by atoms with Crippen molar-refractivity contribution in [3.63, 3.8) is 0 Å². The Bertz CT molecular complexity index is 1100. The second-order valence-corrected chi connectivity index (χ2v) is 8.07. The summed E-state index contributed by atoms with van der Waals surface area (Å²) in [6, 6.07) is 4.14. The molecule has 1 saturated heterocycles. The third-order valence-corrected chi connectivity index (χ3v) is 5.84. The zero-order chi connectivity index (χ0) is 20.9. The van der Waals surface area contributed by atoms with Crippen LogP contribution in [0.25, 0.3) is 5.52 Å². The first-order valence-electron chi connectivity index (χ1n) is 9.58. The van der Waals surface area contributed by atoms with Crippen LogP contribution in [0.5, 0.6) is 0 Å². The van der Waals surface area contributed by atoms with Gasteiger partial charge >= 0.3 is 12.2 Å². The number of hydrogen-bond acceptors (Lipinski definition) is 4. The van der Waals surface area contributed by atoms with Gasteiger partial charge in [-0.3, -0.25) is 4.98 Å². The smallest absolute Gasteiger partial charge is 0.367 e. The minimum Gasteiger partial charge on any atom is -0.367 e. The molecule has 7 nitrogen and oxygen atoms in total. The van der Waals surface area contributed by atoms with Crippen molar-refractivity contribution in [2.24, 2.45) is 5.41 Å². The quantitative estimate of drug-likeness (QED) is 0.685. The van der Waals surface area contributed by atoms with Crippen LogP contribution in [0.3, 0.4) is 0 Å². The van der Waals surface area contributed by atoms with E-state index in [1.165, 1.54) is 12.1 Å². The molecule has 5 rings (SSSR count). The summed E-state index contributed by atoms with van der Waals surface area (Å²) in [5.41, 5.74) is 1.51. The lowest BCUT2D eigenvalue weighted by Crippen LogP contribution is -2.67. The molecule has 10 heteroatoms. The lowest BCUT2D eigenvalue weighted by Gasteiger charge is -2.59. The van der Waals surface area contributed by atoms with E-state index in [0.29, 0.717) is 0 Å². The van der Waals surface area contributed by atoms with E-state index in [0.717, 1.165) is 49.3 Å². The summed E-state index contributed by atoms with van der Waals surface area (Å²) in [5.74, 6) is 0. The van der Waals surface area contributed by atoms with E-state index in [-0.39, 0.29) is 17.1 Å². The normalized spacial score (nSPS) is 18.2. The van der Waals surface area contributed by atoms with Gasteiger partial charge in [0.15, 0.2) is 0 Å². The number of carbonyl (C=O) groups is 1. The zero-order valence-corrected chi connectivity index (χ0v) is 15.9. The molecular formula is C20H19F3N6O. The number of amides is 2. The van der Waals surface area contributed by atoms with Gasteiger partial charge in [-0.05, 0) is 31.0 Å². The van der Waals surface area contributed by atoms with Crippen LogP contribution in [0, 0.1) is 5.41 Å². The summed E-state index contributed by atoms with van der Waals surface area (Å²) in [5, 5.41) is 9.67. The molecule has 1 aliphatic heterocycles. The average molecular weight is 416 g/mol. The largest absolute Gasteiger partial charge is 0.416 e. The Kier molecular flexibility index (Phi) is 4.12. The predicted molar refractivity (Wildman–Crippen MR) is 104 cm³/mol. The maximum atomic E-state index is 12.8. The maximum absolute atomic E-state index is 12.8. The van der Waals surface area contributed by atoms with Crippen LogP contribution < -0.4 is 15.5 Å². The van der Waals surface area contributed by atoms with Gasteiger partial charge in [0.2, 0.25) is 0 Å². The van der Waals surface area contributed by atoms with E-state index < -0.39 is 17.8 Å². The predicted octanol–water partition coefficient (Wildman–Crippen LogP) is 3.54. The lowest BCUT2D eigenvalue weighted by molar-refractivity contribution is -0.137. The first-order valence-corrected chi connectivity index (χ1v) is 9.58. The number of halogens is 3. The number of benzene rings is 1. The lowest BCUT2D eigenvalue weighted by atomic mass is 9.60. The van der Waals surface area contributed by atoms with Gasteiger partial charge < -0.3 is 15.5 Å². The van der Waals surface area contributed by atoms with Crippen molar-refractivity contribution >= 4 is 22.9 Å². The molecule has 2 N–H and O–H groups in total. The maximum Gasteiger partial charge on any atom is 0.416 e. The fraction of sp³-hybridized carbons (Fsp3) is 0.350. The summed E-state index contributed by atoms with van der Waals surface area (Å²) in [6.07, 6.45) is 4.36. The highest BCUT2D eigenvalue weighted by molar-refractivity contribution is 5.89. The van der Waals surface area contributed by atoms with E-state index in [9.17, 15) is 18.0 Å². The van der Waals surface area contributed by atoms with E-state index in [1.807, 2.05) is 6.20 Å². The van der Waals surface area contributed by atoms with E-state index >= 15 is 0 Å². The topological polar surface area (TPSA) is 74.6 Å². The molecule has 0 unspecified atom stereocenters. The SMILES string of the molecule is O=C(Nc1cccc(C(F)(F)F)c1)NC1CC2(C1)CN(c1cnn3ccncc13)C2. The van der Waals surface area contributed by atoms with Crippen LogP contribution in [-0.4, -0.2) is 39.8 Å². The second-order valence-electron chi connectivity index (χ2n) is 8.07. The van der Waals surface area contributed by atoms with Crippen molar-refractivity contribution in [1.82, 2.24) is 19.9 Å². The van der Waals surface area contributed by atoms with Crippen molar-refractivity contribution in [3.8, 4) is 0 Å². The van der Waals surface area contributed by atoms with Gasteiger partial charge in [0, 0.05) is 42.6 Å². The third-order valence-electron chi connectivity index (χ3n) is 5.84. The Balaban J connectivity index is 1.13. The van der Waals surface area contributed by atoms with Gasteiger partial charge in [0.25, 0.3) is 0 Å². The molecule has 2 fully saturated rings.